The third kappa shape index (κ3) is 7.63. The van der Waals surface area contributed by atoms with Crippen molar-refractivity contribution < 1.29 is 22.7 Å². The van der Waals surface area contributed by atoms with Gasteiger partial charge in [0, 0.05) is 18.7 Å². The van der Waals surface area contributed by atoms with Crippen molar-refractivity contribution in [3.05, 3.63) is 90.0 Å². The number of nitrogens with zero attached hydrogens (tertiary/aromatic N) is 2. The largest absolute Gasteiger partial charge is 0.497 e. The molecule has 0 fully saturated rings. The lowest BCUT2D eigenvalue weighted by atomic mass is 10.1. The van der Waals surface area contributed by atoms with E-state index in [1.165, 1.54) is 24.1 Å². The summed E-state index contributed by atoms with van der Waals surface area (Å²) < 4.78 is 34.3. The minimum absolute atomic E-state index is 0.0601. The molecule has 3 aromatic carbocycles. The molecule has 8 nitrogen and oxygen atoms in total. The molecule has 2 unspecified atom stereocenters. The molecule has 0 aliphatic heterocycles. The second-order valence-electron chi connectivity index (χ2n) is 9.78. The summed E-state index contributed by atoms with van der Waals surface area (Å²) in [6, 6.07) is 21.6. The van der Waals surface area contributed by atoms with Gasteiger partial charge in [0.15, 0.2) is 0 Å². The van der Waals surface area contributed by atoms with Crippen LogP contribution < -0.4 is 14.4 Å². The molecule has 3 rings (SSSR count). The average molecular weight is 566 g/mol. The van der Waals surface area contributed by atoms with E-state index in [-0.39, 0.29) is 29.1 Å². The minimum atomic E-state index is -4.14. The van der Waals surface area contributed by atoms with Crippen LogP contribution >= 0.6 is 0 Å². The summed E-state index contributed by atoms with van der Waals surface area (Å²) in [5.41, 5.74) is 2.03. The van der Waals surface area contributed by atoms with Gasteiger partial charge in [0.05, 0.1) is 17.7 Å². The summed E-state index contributed by atoms with van der Waals surface area (Å²) in [5.74, 6) is -0.307. The van der Waals surface area contributed by atoms with E-state index in [1.807, 2.05) is 58.0 Å². The van der Waals surface area contributed by atoms with Crippen LogP contribution in [0.5, 0.6) is 5.75 Å². The lowest BCUT2D eigenvalue weighted by Gasteiger charge is -2.33. The molecule has 0 saturated heterocycles. The number of aryl methyl sites for hydroxylation is 1. The van der Waals surface area contributed by atoms with Gasteiger partial charge in [-0.25, -0.2) is 8.42 Å². The van der Waals surface area contributed by atoms with Crippen molar-refractivity contribution in [3.8, 4) is 5.75 Å². The van der Waals surface area contributed by atoms with Crippen LogP contribution in [0.2, 0.25) is 0 Å². The third-order valence-electron chi connectivity index (χ3n) is 6.81. The molecule has 0 spiro atoms. The van der Waals surface area contributed by atoms with Crippen molar-refractivity contribution in [3.63, 3.8) is 0 Å². The lowest BCUT2D eigenvalue weighted by molar-refractivity contribution is -0.140. The Kier molecular flexibility index (Phi) is 10.7. The molecule has 0 heterocycles. The summed E-state index contributed by atoms with van der Waals surface area (Å²) in [7, 11) is -2.65. The first kappa shape index (κ1) is 30.7. The molecular formula is C31H39N3O5S. The highest BCUT2D eigenvalue weighted by Crippen LogP contribution is 2.28. The molecule has 9 heteroatoms. The number of hydrogen-bond acceptors (Lipinski definition) is 5. The highest BCUT2D eigenvalue weighted by atomic mass is 32.2. The number of methoxy groups -OCH3 is 1. The maximum Gasteiger partial charge on any atom is 0.264 e. The molecule has 3 aromatic rings. The van der Waals surface area contributed by atoms with Crippen LogP contribution in [0.3, 0.4) is 0 Å². The Morgan fingerprint density at radius 1 is 0.925 bits per heavy atom. The van der Waals surface area contributed by atoms with Crippen LogP contribution in [0, 0.1) is 6.92 Å². The molecule has 2 atom stereocenters. The molecule has 0 radical (unpaired) electrons. The van der Waals surface area contributed by atoms with Crippen LogP contribution in [-0.4, -0.2) is 50.9 Å². The predicted molar refractivity (Wildman–Crippen MR) is 158 cm³/mol. The third-order valence-corrected chi connectivity index (χ3v) is 8.60. The van der Waals surface area contributed by atoms with E-state index in [1.54, 1.807) is 36.4 Å². The van der Waals surface area contributed by atoms with Crippen molar-refractivity contribution in [1.82, 2.24) is 10.2 Å². The average Bonchev–Trinajstić information content (AvgIpc) is 2.96. The standard InChI is InChI=1S/C31H39N3O5S/c1-6-24(4)32-31(36)29(7-2)33(21-25-12-9-8-10-13-25)30(35)22-34(26-14-11-15-27(20-26)39-5)40(37,38)28-18-16-23(3)17-19-28/h8-20,24,29H,6-7,21-22H2,1-5H3,(H,32,36). The van der Waals surface area contributed by atoms with Gasteiger partial charge in [-0.05, 0) is 56.5 Å². The number of nitrogens with one attached hydrogen (secondary N) is 1. The van der Waals surface area contributed by atoms with Crippen LogP contribution in [0.15, 0.2) is 83.8 Å². The van der Waals surface area contributed by atoms with Crippen LogP contribution in [0.4, 0.5) is 5.69 Å². The Morgan fingerprint density at radius 3 is 2.20 bits per heavy atom. The van der Waals surface area contributed by atoms with Gasteiger partial charge >= 0.3 is 0 Å². The van der Waals surface area contributed by atoms with E-state index >= 15 is 0 Å². The summed E-state index contributed by atoms with van der Waals surface area (Å²) >= 11 is 0. The van der Waals surface area contributed by atoms with E-state index in [9.17, 15) is 18.0 Å². The first-order valence-corrected chi connectivity index (χ1v) is 14.9. The van der Waals surface area contributed by atoms with E-state index in [2.05, 4.69) is 5.32 Å². The maximum absolute atomic E-state index is 14.1. The number of hydrogen-bond donors (Lipinski definition) is 1. The maximum atomic E-state index is 14.1. The number of sulfonamides is 1. The fourth-order valence-electron chi connectivity index (χ4n) is 4.27. The van der Waals surface area contributed by atoms with E-state index in [4.69, 9.17) is 4.74 Å². The zero-order valence-corrected chi connectivity index (χ0v) is 24.6. The van der Waals surface area contributed by atoms with E-state index < -0.39 is 28.5 Å². The van der Waals surface area contributed by atoms with Crippen molar-refractivity contribution in [1.29, 1.82) is 0 Å². The number of ether oxygens (including phenoxy) is 1. The zero-order chi connectivity index (χ0) is 29.3. The summed E-state index contributed by atoms with van der Waals surface area (Å²) in [5, 5.41) is 2.98. The van der Waals surface area contributed by atoms with Crippen LogP contribution in [-0.2, 0) is 26.2 Å². The second kappa shape index (κ2) is 14.0. The summed E-state index contributed by atoms with van der Waals surface area (Å²) in [6.45, 7) is 7.25. The highest BCUT2D eigenvalue weighted by molar-refractivity contribution is 7.92. The van der Waals surface area contributed by atoms with Crippen LogP contribution in [0.25, 0.3) is 0 Å². The topological polar surface area (TPSA) is 96.0 Å². The molecule has 0 bridgehead atoms. The van der Waals surface area contributed by atoms with Gasteiger partial charge in [-0.3, -0.25) is 13.9 Å². The molecular weight excluding hydrogens is 526 g/mol. The number of anilines is 1. The fourth-order valence-corrected chi connectivity index (χ4v) is 5.68. The van der Waals surface area contributed by atoms with E-state index in [0.29, 0.717) is 12.2 Å². The molecule has 0 aliphatic carbocycles. The van der Waals surface area contributed by atoms with Crippen molar-refractivity contribution in [2.24, 2.45) is 0 Å². The normalized spacial score (nSPS) is 12.7. The van der Waals surface area contributed by atoms with Gasteiger partial charge in [0.2, 0.25) is 11.8 Å². The van der Waals surface area contributed by atoms with E-state index in [0.717, 1.165) is 21.9 Å². The Hall–Kier alpha value is -3.85. The minimum Gasteiger partial charge on any atom is -0.497 e. The number of carbonyl (C=O) groups is 2. The fraction of sp³-hybridized carbons (Fsp3) is 0.355. The predicted octanol–water partition coefficient (Wildman–Crippen LogP) is 4.92. The first-order chi connectivity index (χ1) is 19.1. The number of carbonyl (C=O) groups excluding carboxylic acids is 2. The number of rotatable bonds is 13. The SMILES string of the molecule is CCC(C)NC(=O)C(CC)N(Cc1ccccc1)C(=O)CN(c1cccc(OC)c1)S(=O)(=O)c1ccc(C)cc1. The number of benzene rings is 3. The zero-order valence-electron chi connectivity index (χ0n) is 23.8. The number of amides is 2. The Labute approximate surface area is 238 Å². The first-order valence-electron chi connectivity index (χ1n) is 13.5. The quantitative estimate of drug-likeness (QED) is 0.317. The van der Waals surface area contributed by atoms with Crippen molar-refractivity contribution >= 4 is 27.5 Å². The monoisotopic (exact) mass is 565 g/mol. The highest BCUT2D eigenvalue weighted by Gasteiger charge is 2.34. The molecule has 0 saturated carbocycles. The van der Waals surface area contributed by atoms with Gasteiger partial charge in [0.1, 0.15) is 18.3 Å². The van der Waals surface area contributed by atoms with Gasteiger partial charge in [-0.2, -0.15) is 0 Å². The van der Waals surface area contributed by atoms with Gasteiger partial charge in [-0.1, -0.05) is 67.9 Å². The molecule has 1 N–H and O–H groups in total. The molecule has 0 aromatic heterocycles. The van der Waals surface area contributed by atoms with Crippen molar-refractivity contribution in [2.75, 3.05) is 18.0 Å². The smallest absolute Gasteiger partial charge is 0.264 e. The summed E-state index contributed by atoms with van der Waals surface area (Å²) in [4.78, 5) is 28.9. The summed E-state index contributed by atoms with van der Waals surface area (Å²) in [6.07, 6.45) is 1.11. The Bertz CT molecular complexity index is 1380. The molecule has 40 heavy (non-hydrogen) atoms. The molecule has 2 amide bonds. The lowest BCUT2D eigenvalue weighted by Crippen LogP contribution is -2.53. The van der Waals surface area contributed by atoms with Gasteiger partial charge in [0.25, 0.3) is 10.0 Å². The van der Waals surface area contributed by atoms with Crippen molar-refractivity contribution in [2.45, 2.75) is 64.1 Å². The molecule has 214 valence electrons. The van der Waals surface area contributed by atoms with Gasteiger partial charge < -0.3 is 15.0 Å². The van der Waals surface area contributed by atoms with Crippen LogP contribution in [0.1, 0.15) is 44.7 Å². The molecule has 0 aliphatic rings. The Balaban J connectivity index is 2.06. The van der Waals surface area contributed by atoms with Gasteiger partial charge in [-0.15, -0.1) is 0 Å². The Morgan fingerprint density at radius 2 is 1.60 bits per heavy atom. The second-order valence-corrected chi connectivity index (χ2v) is 11.6.